The summed E-state index contributed by atoms with van der Waals surface area (Å²) >= 11 is 5.89. The number of hydrogen-bond acceptors (Lipinski definition) is 4. The molecule has 0 aliphatic carbocycles. The second kappa shape index (κ2) is 7.56. The van der Waals surface area contributed by atoms with E-state index in [0.29, 0.717) is 22.8 Å². The maximum Gasteiger partial charge on any atom is 0.291 e. The molecule has 0 saturated carbocycles. The van der Waals surface area contributed by atoms with E-state index in [0.717, 1.165) is 11.3 Å². The lowest BCUT2D eigenvalue weighted by molar-refractivity contribution is 0.0996. The molecule has 1 amide bonds. The van der Waals surface area contributed by atoms with Gasteiger partial charge in [0.05, 0.1) is 17.5 Å². The van der Waals surface area contributed by atoms with Gasteiger partial charge in [0.2, 0.25) is 0 Å². The van der Waals surface area contributed by atoms with Crippen LogP contribution in [0, 0.1) is 11.3 Å². The standard InChI is InChI=1S/C19H14ClN3O2/c20-15-5-8-17(14(10-15)11-21)22-12-13-3-6-16(7-4-13)23-19(24)18-2-1-9-25-18/h1-10,22H,12H2,(H,23,24). The van der Waals surface area contributed by atoms with E-state index < -0.39 is 0 Å². The van der Waals surface area contributed by atoms with Gasteiger partial charge in [-0.05, 0) is 48.0 Å². The molecule has 0 atom stereocenters. The Bertz CT molecular complexity index is 913. The SMILES string of the molecule is N#Cc1cc(Cl)ccc1NCc1ccc(NC(=O)c2ccco2)cc1. The van der Waals surface area contributed by atoms with Crippen LogP contribution in [0.4, 0.5) is 11.4 Å². The van der Waals surface area contributed by atoms with Crippen LogP contribution in [0.1, 0.15) is 21.7 Å². The first-order valence-corrected chi connectivity index (χ1v) is 7.91. The molecule has 0 bridgehead atoms. The van der Waals surface area contributed by atoms with Gasteiger partial charge in [-0.15, -0.1) is 0 Å². The number of furan rings is 1. The number of rotatable bonds is 5. The summed E-state index contributed by atoms with van der Waals surface area (Å²) in [6.45, 7) is 0.544. The highest BCUT2D eigenvalue weighted by atomic mass is 35.5. The molecule has 1 aromatic heterocycles. The van der Waals surface area contributed by atoms with E-state index in [9.17, 15) is 4.79 Å². The van der Waals surface area contributed by atoms with Crippen LogP contribution < -0.4 is 10.6 Å². The molecule has 25 heavy (non-hydrogen) atoms. The highest BCUT2D eigenvalue weighted by molar-refractivity contribution is 6.30. The van der Waals surface area contributed by atoms with Crippen molar-refractivity contribution in [2.24, 2.45) is 0 Å². The summed E-state index contributed by atoms with van der Waals surface area (Å²) in [7, 11) is 0. The quantitative estimate of drug-likeness (QED) is 0.700. The van der Waals surface area contributed by atoms with Crippen molar-refractivity contribution in [3.8, 4) is 6.07 Å². The second-order valence-electron chi connectivity index (χ2n) is 5.28. The number of anilines is 2. The highest BCUT2D eigenvalue weighted by Crippen LogP contribution is 2.21. The fourth-order valence-electron chi connectivity index (χ4n) is 2.27. The first kappa shape index (κ1) is 16.6. The molecule has 0 saturated heterocycles. The van der Waals surface area contributed by atoms with Crippen LogP contribution in [0.15, 0.2) is 65.3 Å². The third kappa shape index (κ3) is 4.19. The van der Waals surface area contributed by atoms with Gasteiger partial charge in [-0.1, -0.05) is 23.7 Å². The number of hydrogen-bond donors (Lipinski definition) is 2. The Labute approximate surface area is 149 Å². The number of halogens is 1. The van der Waals surface area contributed by atoms with Crippen LogP contribution in [0.25, 0.3) is 0 Å². The Balaban J connectivity index is 1.61. The van der Waals surface area contributed by atoms with Gasteiger partial charge in [0.1, 0.15) is 6.07 Å². The van der Waals surface area contributed by atoms with Crippen LogP contribution in [0.2, 0.25) is 5.02 Å². The fourth-order valence-corrected chi connectivity index (χ4v) is 2.44. The average Bonchev–Trinajstić information content (AvgIpc) is 3.16. The van der Waals surface area contributed by atoms with Gasteiger partial charge in [-0.2, -0.15) is 5.26 Å². The minimum absolute atomic E-state index is 0.262. The molecule has 0 unspecified atom stereocenters. The van der Waals surface area contributed by atoms with Gasteiger partial charge < -0.3 is 15.1 Å². The molecule has 0 spiro atoms. The highest BCUT2D eigenvalue weighted by Gasteiger charge is 2.08. The molecule has 3 aromatic rings. The molecule has 2 aromatic carbocycles. The first-order chi connectivity index (χ1) is 12.2. The number of nitrogens with one attached hydrogen (secondary N) is 2. The van der Waals surface area contributed by atoms with Crippen LogP contribution >= 0.6 is 11.6 Å². The van der Waals surface area contributed by atoms with Crippen molar-refractivity contribution in [1.29, 1.82) is 5.26 Å². The Morgan fingerprint density at radius 3 is 2.64 bits per heavy atom. The molecule has 124 valence electrons. The van der Waals surface area contributed by atoms with Crippen LogP contribution in [-0.2, 0) is 6.54 Å². The molecule has 0 aliphatic heterocycles. The van der Waals surface area contributed by atoms with Crippen LogP contribution in [-0.4, -0.2) is 5.91 Å². The monoisotopic (exact) mass is 351 g/mol. The minimum Gasteiger partial charge on any atom is -0.459 e. The van der Waals surface area contributed by atoms with Crippen LogP contribution in [0.5, 0.6) is 0 Å². The number of carbonyl (C=O) groups is 1. The van der Waals surface area contributed by atoms with E-state index in [2.05, 4.69) is 16.7 Å². The lowest BCUT2D eigenvalue weighted by Gasteiger charge is -2.09. The van der Waals surface area contributed by atoms with Gasteiger partial charge in [0.15, 0.2) is 5.76 Å². The Hall–Kier alpha value is -3.23. The zero-order valence-electron chi connectivity index (χ0n) is 13.1. The van der Waals surface area contributed by atoms with E-state index in [4.69, 9.17) is 21.3 Å². The Morgan fingerprint density at radius 1 is 1.16 bits per heavy atom. The lowest BCUT2D eigenvalue weighted by atomic mass is 10.1. The molecule has 0 fully saturated rings. The van der Waals surface area contributed by atoms with Crippen molar-refractivity contribution in [2.75, 3.05) is 10.6 Å². The van der Waals surface area contributed by atoms with Gasteiger partial charge in [-0.25, -0.2) is 0 Å². The molecule has 3 rings (SSSR count). The maximum absolute atomic E-state index is 11.9. The van der Waals surface area contributed by atoms with Crippen molar-refractivity contribution in [3.05, 3.63) is 82.8 Å². The minimum atomic E-state index is -0.296. The predicted molar refractivity (Wildman–Crippen MR) is 96.6 cm³/mol. The molecular formula is C19H14ClN3O2. The largest absolute Gasteiger partial charge is 0.459 e. The van der Waals surface area contributed by atoms with E-state index >= 15 is 0 Å². The number of benzene rings is 2. The normalized spacial score (nSPS) is 10.1. The number of carbonyl (C=O) groups excluding carboxylic acids is 1. The lowest BCUT2D eigenvalue weighted by Crippen LogP contribution is -2.10. The van der Waals surface area contributed by atoms with Gasteiger partial charge in [-0.3, -0.25) is 4.79 Å². The fraction of sp³-hybridized carbons (Fsp3) is 0.0526. The second-order valence-corrected chi connectivity index (χ2v) is 5.72. The maximum atomic E-state index is 11.9. The van der Waals surface area contributed by atoms with Gasteiger partial charge in [0.25, 0.3) is 5.91 Å². The summed E-state index contributed by atoms with van der Waals surface area (Å²) in [6, 6.07) is 17.9. The molecule has 2 N–H and O–H groups in total. The van der Waals surface area contributed by atoms with Crippen LogP contribution in [0.3, 0.4) is 0 Å². The topological polar surface area (TPSA) is 78.1 Å². The van der Waals surface area contributed by atoms with Crippen molar-refractivity contribution < 1.29 is 9.21 Å². The van der Waals surface area contributed by atoms with E-state index in [1.165, 1.54) is 6.26 Å². The number of nitrogens with zero attached hydrogens (tertiary/aromatic N) is 1. The summed E-state index contributed by atoms with van der Waals surface area (Å²) in [4.78, 5) is 11.9. The van der Waals surface area contributed by atoms with Crippen molar-refractivity contribution in [1.82, 2.24) is 0 Å². The molecule has 5 nitrogen and oxygen atoms in total. The van der Waals surface area contributed by atoms with Gasteiger partial charge >= 0.3 is 0 Å². The summed E-state index contributed by atoms with van der Waals surface area (Å²) in [5, 5.41) is 15.6. The van der Waals surface area contributed by atoms with E-state index in [1.54, 1.807) is 30.3 Å². The Kier molecular flexibility index (Phi) is 5.03. The third-order valence-electron chi connectivity index (χ3n) is 3.54. The first-order valence-electron chi connectivity index (χ1n) is 7.53. The number of amides is 1. The molecular weight excluding hydrogens is 338 g/mol. The molecule has 0 aliphatic rings. The van der Waals surface area contributed by atoms with Gasteiger partial charge in [0, 0.05) is 17.3 Å². The summed E-state index contributed by atoms with van der Waals surface area (Å²) in [6.07, 6.45) is 1.45. The summed E-state index contributed by atoms with van der Waals surface area (Å²) < 4.78 is 5.05. The zero-order chi connectivity index (χ0) is 17.6. The Morgan fingerprint density at radius 2 is 1.96 bits per heavy atom. The molecule has 0 radical (unpaired) electrons. The molecule has 1 heterocycles. The number of nitriles is 1. The van der Waals surface area contributed by atoms with Crippen molar-refractivity contribution >= 4 is 28.9 Å². The summed E-state index contributed by atoms with van der Waals surface area (Å²) in [5.74, 6) is -0.0341. The summed E-state index contributed by atoms with van der Waals surface area (Å²) in [5.41, 5.74) is 2.90. The predicted octanol–water partition coefficient (Wildman–Crippen LogP) is 4.67. The zero-order valence-corrected chi connectivity index (χ0v) is 13.9. The van der Waals surface area contributed by atoms with Crippen molar-refractivity contribution in [2.45, 2.75) is 6.54 Å². The smallest absolute Gasteiger partial charge is 0.291 e. The molecule has 6 heteroatoms. The van der Waals surface area contributed by atoms with E-state index in [-0.39, 0.29) is 11.7 Å². The average molecular weight is 352 g/mol. The third-order valence-corrected chi connectivity index (χ3v) is 3.78. The van der Waals surface area contributed by atoms with E-state index in [1.807, 2.05) is 24.3 Å². The van der Waals surface area contributed by atoms with Crippen molar-refractivity contribution in [3.63, 3.8) is 0 Å².